The number of halogens is 2. The van der Waals surface area contributed by atoms with Gasteiger partial charge in [0.1, 0.15) is 18.0 Å². The quantitative estimate of drug-likeness (QED) is 0.678. The molecule has 1 aromatic rings. The third-order valence-corrected chi connectivity index (χ3v) is 4.51. The number of ether oxygens (including phenoxy) is 3. The number of hydrogen-bond acceptors (Lipinski definition) is 8. The molecule has 1 aliphatic rings. The van der Waals surface area contributed by atoms with Gasteiger partial charge >= 0.3 is 23.6 Å². The number of carbonyl (C=O) groups excluding carboxylic acids is 2. The van der Waals surface area contributed by atoms with Crippen molar-refractivity contribution in [2.45, 2.75) is 63.9 Å². The van der Waals surface area contributed by atoms with Crippen molar-refractivity contribution in [3.05, 3.63) is 22.7 Å². The van der Waals surface area contributed by atoms with E-state index in [1.165, 1.54) is 13.8 Å². The van der Waals surface area contributed by atoms with Crippen molar-refractivity contribution in [2.24, 2.45) is 0 Å². The standard InChI is InChI=1S/C17H23F2N3O6/c1-4-11(23)26-9-16(6-3)13(27-12(24)5-2)17(18,19)14(28-16)22-8-7-10(20)21-15(22)25/h7-8,13-14H,4-6,9H2,1-3H3,(H2,20,21,25)/t13-,14-,16-/m1/s1. The van der Waals surface area contributed by atoms with Gasteiger partial charge in [-0.05, 0) is 12.5 Å². The molecule has 0 saturated carbocycles. The summed E-state index contributed by atoms with van der Waals surface area (Å²) >= 11 is 0. The maximum atomic E-state index is 15.3. The van der Waals surface area contributed by atoms with Crippen molar-refractivity contribution in [1.82, 2.24) is 9.55 Å². The summed E-state index contributed by atoms with van der Waals surface area (Å²) in [6.45, 7) is 3.95. The van der Waals surface area contributed by atoms with Crippen molar-refractivity contribution in [1.29, 1.82) is 0 Å². The van der Waals surface area contributed by atoms with Gasteiger partial charge in [-0.2, -0.15) is 13.8 Å². The Hall–Kier alpha value is -2.56. The molecule has 0 amide bonds. The van der Waals surface area contributed by atoms with Gasteiger partial charge in [0.15, 0.2) is 0 Å². The number of alkyl halides is 2. The number of nitrogens with zero attached hydrogens (tertiary/aromatic N) is 2. The lowest BCUT2D eigenvalue weighted by Gasteiger charge is -2.32. The minimum Gasteiger partial charge on any atom is -0.462 e. The van der Waals surface area contributed by atoms with E-state index in [1.54, 1.807) is 6.92 Å². The molecule has 0 unspecified atom stereocenters. The van der Waals surface area contributed by atoms with Crippen LogP contribution in [0.15, 0.2) is 17.1 Å². The highest BCUT2D eigenvalue weighted by molar-refractivity contribution is 5.70. The van der Waals surface area contributed by atoms with Crippen LogP contribution in [0.4, 0.5) is 14.6 Å². The molecule has 0 radical (unpaired) electrons. The van der Waals surface area contributed by atoms with Gasteiger partial charge < -0.3 is 19.9 Å². The van der Waals surface area contributed by atoms with Gasteiger partial charge in [0.25, 0.3) is 0 Å². The van der Waals surface area contributed by atoms with Crippen LogP contribution in [-0.4, -0.2) is 45.7 Å². The summed E-state index contributed by atoms with van der Waals surface area (Å²) in [7, 11) is 0. The molecular weight excluding hydrogens is 380 g/mol. The van der Waals surface area contributed by atoms with E-state index >= 15 is 8.78 Å². The summed E-state index contributed by atoms with van der Waals surface area (Å²) in [4.78, 5) is 38.9. The molecule has 1 aliphatic heterocycles. The second kappa shape index (κ2) is 8.21. The molecule has 1 saturated heterocycles. The molecule has 0 aromatic carbocycles. The monoisotopic (exact) mass is 403 g/mol. The van der Waals surface area contributed by atoms with Crippen LogP contribution in [0.1, 0.15) is 46.3 Å². The minimum absolute atomic E-state index is 0.0281. The molecule has 28 heavy (non-hydrogen) atoms. The fourth-order valence-corrected chi connectivity index (χ4v) is 2.88. The Morgan fingerprint density at radius 3 is 2.46 bits per heavy atom. The van der Waals surface area contributed by atoms with Crippen molar-refractivity contribution >= 4 is 17.8 Å². The maximum absolute atomic E-state index is 15.3. The van der Waals surface area contributed by atoms with Gasteiger partial charge in [-0.1, -0.05) is 20.8 Å². The predicted octanol–water partition coefficient (Wildman–Crippen LogP) is 1.41. The van der Waals surface area contributed by atoms with Crippen LogP contribution in [0.2, 0.25) is 0 Å². The SMILES string of the molecule is CCC(=O)OC[C@@]1(CC)O[C@@H](n2ccc(N)nc2=O)C(F)(F)[C@@H]1OC(=O)CC. The van der Waals surface area contributed by atoms with Crippen molar-refractivity contribution < 1.29 is 32.6 Å². The van der Waals surface area contributed by atoms with Crippen LogP contribution < -0.4 is 11.4 Å². The number of aromatic nitrogens is 2. The van der Waals surface area contributed by atoms with Crippen LogP contribution in [-0.2, 0) is 23.8 Å². The van der Waals surface area contributed by atoms with Gasteiger partial charge in [-0.25, -0.2) is 4.79 Å². The topological polar surface area (TPSA) is 123 Å². The molecule has 9 nitrogen and oxygen atoms in total. The molecule has 0 spiro atoms. The Kier molecular flexibility index (Phi) is 6.37. The second-order valence-electron chi connectivity index (χ2n) is 6.34. The number of nitrogen functional groups attached to an aromatic ring is 1. The summed E-state index contributed by atoms with van der Waals surface area (Å²) in [5.74, 6) is -5.46. The van der Waals surface area contributed by atoms with E-state index in [2.05, 4.69) is 4.98 Å². The van der Waals surface area contributed by atoms with E-state index in [1.807, 2.05) is 0 Å². The highest BCUT2D eigenvalue weighted by Gasteiger charge is 2.69. The first kappa shape index (κ1) is 21.7. The molecule has 2 heterocycles. The Morgan fingerprint density at radius 1 is 1.29 bits per heavy atom. The van der Waals surface area contributed by atoms with Gasteiger partial charge in [0.05, 0.1) is 0 Å². The molecule has 1 aromatic heterocycles. The fourth-order valence-electron chi connectivity index (χ4n) is 2.88. The first-order valence-electron chi connectivity index (χ1n) is 8.86. The molecule has 0 aliphatic carbocycles. The molecule has 1 fully saturated rings. The van der Waals surface area contributed by atoms with Gasteiger partial charge in [-0.3, -0.25) is 14.2 Å². The van der Waals surface area contributed by atoms with Gasteiger partial charge in [0.2, 0.25) is 12.3 Å². The lowest BCUT2D eigenvalue weighted by Crippen LogP contribution is -2.52. The zero-order valence-corrected chi connectivity index (χ0v) is 15.8. The molecule has 2 rings (SSSR count). The number of anilines is 1. The largest absolute Gasteiger partial charge is 0.462 e. The van der Waals surface area contributed by atoms with Crippen LogP contribution in [0, 0.1) is 0 Å². The minimum atomic E-state index is -3.80. The smallest absolute Gasteiger partial charge is 0.351 e. The van der Waals surface area contributed by atoms with Crippen molar-refractivity contribution in [3.8, 4) is 0 Å². The molecule has 2 N–H and O–H groups in total. The van der Waals surface area contributed by atoms with Crippen molar-refractivity contribution in [3.63, 3.8) is 0 Å². The number of esters is 2. The molecular formula is C17H23F2N3O6. The Bertz CT molecular complexity index is 799. The van der Waals surface area contributed by atoms with Crippen LogP contribution >= 0.6 is 0 Å². The summed E-state index contributed by atoms with van der Waals surface area (Å²) in [5, 5.41) is 0. The van der Waals surface area contributed by atoms with E-state index in [0.717, 1.165) is 12.3 Å². The second-order valence-corrected chi connectivity index (χ2v) is 6.34. The normalized spacial score (nSPS) is 26.0. The first-order valence-corrected chi connectivity index (χ1v) is 8.86. The zero-order chi connectivity index (χ0) is 21.1. The molecule has 11 heteroatoms. The maximum Gasteiger partial charge on any atom is 0.351 e. The predicted molar refractivity (Wildman–Crippen MR) is 92.4 cm³/mol. The molecule has 156 valence electrons. The van der Waals surface area contributed by atoms with Gasteiger partial charge in [-0.15, -0.1) is 0 Å². The summed E-state index contributed by atoms with van der Waals surface area (Å²) in [6, 6.07) is 1.16. The fraction of sp³-hybridized carbons (Fsp3) is 0.647. The third-order valence-electron chi connectivity index (χ3n) is 4.51. The van der Waals surface area contributed by atoms with E-state index in [-0.39, 0.29) is 25.1 Å². The molecule has 0 bridgehead atoms. The van der Waals surface area contributed by atoms with Crippen LogP contribution in [0.3, 0.4) is 0 Å². The van der Waals surface area contributed by atoms with Crippen LogP contribution in [0.5, 0.6) is 0 Å². The highest BCUT2D eigenvalue weighted by Crippen LogP contribution is 2.50. The van der Waals surface area contributed by atoms with Gasteiger partial charge in [0, 0.05) is 19.0 Å². The summed E-state index contributed by atoms with van der Waals surface area (Å²) < 4.78 is 46.7. The van der Waals surface area contributed by atoms with E-state index in [9.17, 15) is 14.4 Å². The first-order chi connectivity index (χ1) is 13.1. The number of nitrogens with two attached hydrogens (primary N) is 1. The zero-order valence-electron chi connectivity index (χ0n) is 15.8. The lowest BCUT2D eigenvalue weighted by atomic mass is 9.92. The van der Waals surface area contributed by atoms with E-state index < -0.39 is 48.1 Å². The number of carbonyl (C=O) groups is 2. The van der Waals surface area contributed by atoms with E-state index in [4.69, 9.17) is 19.9 Å². The number of hydrogen-bond donors (Lipinski definition) is 1. The third kappa shape index (κ3) is 3.98. The summed E-state index contributed by atoms with van der Waals surface area (Å²) in [5.41, 5.74) is 2.51. The lowest BCUT2D eigenvalue weighted by molar-refractivity contribution is -0.184. The Morgan fingerprint density at radius 2 is 1.93 bits per heavy atom. The average molecular weight is 403 g/mol. The average Bonchev–Trinajstić information content (AvgIpc) is 2.87. The Balaban J connectivity index is 2.51. The van der Waals surface area contributed by atoms with E-state index in [0.29, 0.717) is 4.57 Å². The highest BCUT2D eigenvalue weighted by atomic mass is 19.3. The van der Waals surface area contributed by atoms with Crippen molar-refractivity contribution in [2.75, 3.05) is 12.3 Å². The number of rotatable bonds is 7. The van der Waals surface area contributed by atoms with Crippen LogP contribution in [0.25, 0.3) is 0 Å². The summed E-state index contributed by atoms with van der Waals surface area (Å²) in [6.07, 6.45) is -3.37. The Labute approximate surface area is 159 Å². The molecule has 3 atom stereocenters.